The van der Waals surface area contributed by atoms with E-state index in [4.69, 9.17) is 15.2 Å². The number of hydrogen-bond donors (Lipinski definition) is 3. The summed E-state index contributed by atoms with van der Waals surface area (Å²) in [7, 11) is 0. The first-order valence-corrected chi connectivity index (χ1v) is 10.6. The van der Waals surface area contributed by atoms with Gasteiger partial charge in [0.2, 0.25) is 5.91 Å². The monoisotopic (exact) mass is 613 g/mol. The summed E-state index contributed by atoms with van der Waals surface area (Å²) in [5.41, 5.74) is 5.35. The van der Waals surface area contributed by atoms with Crippen molar-refractivity contribution < 1.29 is 33.4 Å². The van der Waals surface area contributed by atoms with Crippen molar-refractivity contribution in [2.45, 2.75) is 33.4 Å². The minimum Gasteiger partial charge on any atom is -0.466 e. The fraction of sp³-hybridized carbons (Fsp3) is 0.353. The Kier molecular flexibility index (Phi) is 9.91. The van der Waals surface area contributed by atoms with Gasteiger partial charge in [0.05, 0.1) is 32.4 Å². The second-order valence-corrected chi connectivity index (χ2v) is 8.19. The van der Waals surface area contributed by atoms with Crippen molar-refractivity contribution >= 4 is 83.1 Å². The molecular weight excluding hydrogens is 598 g/mol. The number of esters is 2. The lowest BCUT2D eigenvalue weighted by molar-refractivity contribution is -0.149. The van der Waals surface area contributed by atoms with Crippen LogP contribution < -0.4 is 16.4 Å². The van der Waals surface area contributed by atoms with Crippen LogP contribution in [-0.2, 0) is 23.9 Å². The van der Waals surface area contributed by atoms with Gasteiger partial charge in [-0.2, -0.15) is 0 Å². The zero-order valence-electron chi connectivity index (χ0n) is 16.1. The molecule has 4 N–H and O–H groups in total. The van der Waals surface area contributed by atoms with E-state index in [1.165, 1.54) is 13.8 Å². The van der Waals surface area contributed by atoms with Gasteiger partial charge in [-0.15, -0.1) is 0 Å². The van der Waals surface area contributed by atoms with E-state index in [9.17, 15) is 24.0 Å². The molecule has 0 aliphatic rings. The van der Waals surface area contributed by atoms with Gasteiger partial charge in [0, 0.05) is 31.7 Å². The van der Waals surface area contributed by atoms with E-state index >= 15 is 0 Å². The van der Waals surface area contributed by atoms with E-state index in [1.54, 1.807) is 0 Å². The smallest absolute Gasteiger partial charge is 0.304 e. The molecule has 0 spiro atoms. The largest absolute Gasteiger partial charge is 0.466 e. The first-order chi connectivity index (χ1) is 13.9. The number of amides is 3. The lowest BCUT2D eigenvalue weighted by Crippen LogP contribution is -2.39. The summed E-state index contributed by atoms with van der Waals surface area (Å²) >= 11 is 9.63. The molecule has 164 valence electrons. The molecule has 10 nitrogen and oxygen atoms in total. The molecule has 0 aliphatic carbocycles. The van der Waals surface area contributed by atoms with E-state index in [0.717, 1.165) is 6.92 Å². The number of primary amides is 1. The van der Waals surface area contributed by atoms with Gasteiger partial charge in [-0.1, -0.05) is 0 Å². The Morgan fingerprint density at radius 2 is 1.50 bits per heavy atom. The van der Waals surface area contributed by atoms with Crippen LogP contribution in [0.1, 0.15) is 47.9 Å². The maximum Gasteiger partial charge on any atom is 0.304 e. The maximum absolute atomic E-state index is 12.9. The number of carbonyl (C=O) groups excluding carboxylic acids is 5. The summed E-state index contributed by atoms with van der Waals surface area (Å²) in [6.07, 6.45) is -1.14. The Hall–Kier alpha value is -1.99. The van der Waals surface area contributed by atoms with Crippen molar-refractivity contribution in [3.05, 3.63) is 24.5 Å². The van der Waals surface area contributed by atoms with Crippen LogP contribution >= 0.6 is 47.8 Å². The number of halogens is 3. The number of nitrogens with one attached hydrogen (secondary N) is 2. The van der Waals surface area contributed by atoms with Gasteiger partial charge in [0.15, 0.2) is 6.23 Å². The Balaban J connectivity index is 3.38. The summed E-state index contributed by atoms with van der Waals surface area (Å²) in [4.78, 5) is 58.7. The first kappa shape index (κ1) is 26.0. The molecule has 1 atom stereocenters. The SMILES string of the molecule is CC(=O)Nc1c(Br)c(C(N)=O)c(Br)c(C(=O)NC(CCOC(C)=O)OC(C)=O)c1Br. The highest BCUT2D eigenvalue weighted by Crippen LogP contribution is 2.42. The summed E-state index contributed by atoms with van der Waals surface area (Å²) in [6, 6.07) is 0. The third-order valence-electron chi connectivity index (χ3n) is 3.38. The van der Waals surface area contributed by atoms with Crippen LogP contribution in [0.3, 0.4) is 0 Å². The quantitative estimate of drug-likeness (QED) is 0.300. The Morgan fingerprint density at radius 1 is 0.933 bits per heavy atom. The molecule has 1 aromatic rings. The number of ether oxygens (including phenoxy) is 2. The highest BCUT2D eigenvalue weighted by Gasteiger charge is 2.29. The molecule has 30 heavy (non-hydrogen) atoms. The van der Waals surface area contributed by atoms with Crippen LogP contribution in [0.25, 0.3) is 0 Å². The molecule has 0 aromatic heterocycles. The normalized spacial score (nSPS) is 11.3. The fourth-order valence-corrected chi connectivity index (χ4v) is 5.19. The summed E-state index contributed by atoms with van der Waals surface area (Å²) in [6.45, 7) is 3.50. The number of nitrogens with two attached hydrogens (primary N) is 1. The van der Waals surface area contributed by atoms with Gasteiger partial charge in [-0.3, -0.25) is 24.0 Å². The predicted octanol–water partition coefficient (Wildman–Crippen LogP) is 2.60. The van der Waals surface area contributed by atoms with Gasteiger partial charge in [0.1, 0.15) is 0 Å². The van der Waals surface area contributed by atoms with Crippen molar-refractivity contribution in [2.24, 2.45) is 5.73 Å². The molecule has 0 fully saturated rings. The van der Waals surface area contributed by atoms with E-state index in [2.05, 4.69) is 58.4 Å². The Morgan fingerprint density at radius 3 is 1.97 bits per heavy atom. The first-order valence-electron chi connectivity index (χ1n) is 8.26. The molecular formula is C17H18Br3N3O7. The average Bonchev–Trinajstić information content (AvgIpc) is 2.57. The molecule has 0 bridgehead atoms. The van der Waals surface area contributed by atoms with Crippen molar-refractivity contribution in [1.29, 1.82) is 0 Å². The summed E-state index contributed by atoms with van der Waals surface area (Å²) < 4.78 is 10.2. The van der Waals surface area contributed by atoms with Gasteiger partial charge in [-0.05, 0) is 47.8 Å². The van der Waals surface area contributed by atoms with Crippen LogP contribution in [0, 0.1) is 0 Å². The van der Waals surface area contributed by atoms with Crippen LogP contribution in [0.5, 0.6) is 0 Å². The van der Waals surface area contributed by atoms with Crippen molar-refractivity contribution in [3.8, 4) is 0 Å². The van der Waals surface area contributed by atoms with Crippen LogP contribution in [0.2, 0.25) is 0 Å². The van der Waals surface area contributed by atoms with E-state index < -0.39 is 35.9 Å². The molecule has 3 amide bonds. The van der Waals surface area contributed by atoms with E-state index in [-0.39, 0.29) is 43.3 Å². The molecule has 1 rings (SSSR count). The zero-order chi connectivity index (χ0) is 23.2. The Bertz CT molecular complexity index is 905. The third kappa shape index (κ3) is 7.06. The van der Waals surface area contributed by atoms with Crippen LogP contribution in [0.4, 0.5) is 5.69 Å². The van der Waals surface area contributed by atoms with Crippen molar-refractivity contribution in [3.63, 3.8) is 0 Å². The topological polar surface area (TPSA) is 154 Å². The zero-order valence-corrected chi connectivity index (χ0v) is 20.8. The average molecular weight is 616 g/mol. The van der Waals surface area contributed by atoms with Gasteiger partial charge < -0.3 is 25.8 Å². The highest BCUT2D eigenvalue weighted by atomic mass is 79.9. The second-order valence-electron chi connectivity index (χ2n) is 5.81. The second kappa shape index (κ2) is 11.4. The fourth-order valence-electron chi connectivity index (χ4n) is 2.25. The molecule has 0 aliphatic heterocycles. The predicted molar refractivity (Wildman–Crippen MR) is 117 cm³/mol. The molecule has 0 radical (unpaired) electrons. The molecule has 1 unspecified atom stereocenters. The number of hydrogen-bond acceptors (Lipinski definition) is 7. The number of rotatable bonds is 8. The summed E-state index contributed by atoms with van der Waals surface area (Å²) in [5.74, 6) is -3.29. The standard InChI is InChI=1S/C17H18Br3N3O7/c1-6(24)22-15-13(19)10(16(21)27)12(18)11(14(15)20)17(28)23-9(30-8(3)26)4-5-29-7(2)25/h9H,4-5H2,1-3H3,(H2,21,27)(H,22,24)(H,23,28). The Labute approximate surface area is 197 Å². The number of benzene rings is 1. The summed E-state index contributed by atoms with van der Waals surface area (Å²) in [5, 5.41) is 4.98. The lowest BCUT2D eigenvalue weighted by Gasteiger charge is -2.21. The lowest BCUT2D eigenvalue weighted by atomic mass is 10.1. The molecule has 0 heterocycles. The van der Waals surface area contributed by atoms with Crippen molar-refractivity contribution in [1.82, 2.24) is 5.32 Å². The molecule has 1 aromatic carbocycles. The number of anilines is 1. The minimum atomic E-state index is -1.13. The third-order valence-corrected chi connectivity index (χ3v) is 5.76. The van der Waals surface area contributed by atoms with Crippen LogP contribution in [0.15, 0.2) is 13.4 Å². The molecule has 13 heteroatoms. The highest BCUT2D eigenvalue weighted by molar-refractivity contribution is 9.11. The molecule has 0 saturated heterocycles. The van der Waals surface area contributed by atoms with E-state index in [0.29, 0.717) is 0 Å². The minimum absolute atomic E-state index is 0.0160. The van der Waals surface area contributed by atoms with Gasteiger partial charge in [0.25, 0.3) is 11.8 Å². The number of carbonyl (C=O) groups is 5. The van der Waals surface area contributed by atoms with Crippen LogP contribution in [-0.4, -0.2) is 42.5 Å². The van der Waals surface area contributed by atoms with Gasteiger partial charge in [-0.25, -0.2) is 0 Å². The van der Waals surface area contributed by atoms with Gasteiger partial charge >= 0.3 is 11.9 Å². The van der Waals surface area contributed by atoms with Crippen molar-refractivity contribution in [2.75, 3.05) is 11.9 Å². The maximum atomic E-state index is 12.9. The molecule has 0 saturated carbocycles. The van der Waals surface area contributed by atoms with E-state index in [1.807, 2.05) is 0 Å².